The molecular formula is C16H24O3. The summed E-state index contributed by atoms with van der Waals surface area (Å²) in [5.41, 5.74) is 3.18. The van der Waals surface area contributed by atoms with Crippen LogP contribution in [-0.2, 0) is 9.53 Å². The molecule has 0 amide bonds. The van der Waals surface area contributed by atoms with Gasteiger partial charge in [0.05, 0.1) is 20.1 Å². The Balaban J connectivity index is 3.14. The zero-order chi connectivity index (χ0) is 14.4. The number of aryl methyl sites for hydroxylation is 2. The molecule has 1 aromatic carbocycles. The van der Waals surface area contributed by atoms with E-state index in [1.807, 2.05) is 26.0 Å². The molecule has 1 aromatic rings. The van der Waals surface area contributed by atoms with Crippen LogP contribution in [0.5, 0.6) is 5.75 Å². The molecule has 19 heavy (non-hydrogen) atoms. The highest BCUT2D eigenvalue weighted by molar-refractivity contribution is 5.78. The number of hydrogen-bond donors (Lipinski definition) is 0. The number of benzene rings is 1. The summed E-state index contributed by atoms with van der Waals surface area (Å²) in [5.74, 6) is 0.538. The molecule has 0 radical (unpaired) electrons. The van der Waals surface area contributed by atoms with Crippen molar-refractivity contribution in [2.45, 2.75) is 46.0 Å². The zero-order valence-corrected chi connectivity index (χ0v) is 12.6. The normalized spacial score (nSPS) is 12.1. The van der Waals surface area contributed by atoms with Crippen LogP contribution >= 0.6 is 0 Å². The second-order valence-corrected chi connectivity index (χ2v) is 4.90. The maximum absolute atomic E-state index is 12.0. The van der Waals surface area contributed by atoms with E-state index in [2.05, 4.69) is 6.92 Å². The maximum Gasteiger partial charge on any atom is 0.313 e. The second kappa shape index (κ2) is 7.17. The first-order valence-electron chi connectivity index (χ1n) is 6.78. The molecule has 0 aliphatic rings. The number of ether oxygens (including phenoxy) is 2. The van der Waals surface area contributed by atoms with Gasteiger partial charge in [-0.1, -0.05) is 25.8 Å². The molecular weight excluding hydrogens is 240 g/mol. The molecule has 0 aliphatic heterocycles. The van der Waals surface area contributed by atoms with Crippen LogP contribution in [0.1, 0.15) is 48.8 Å². The van der Waals surface area contributed by atoms with Gasteiger partial charge >= 0.3 is 5.97 Å². The topological polar surface area (TPSA) is 35.5 Å². The van der Waals surface area contributed by atoms with Crippen molar-refractivity contribution in [2.75, 3.05) is 14.2 Å². The molecule has 3 nitrogen and oxygen atoms in total. The van der Waals surface area contributed by atoms with E-state index >= 15 is 0 Å². The Bertz CT molecular complexity index is 438. The van der Waals surface area contributed by atoms with Crippen LogP contribution in [-0.4, -0.2) is 20.2 Å². The first kappa shape index (κ1) is 15.5. The monoisotopic (exact) mass is 264 g/mol. The van der Waals surface area contributed by atoms with E-state index in [-0.39, 0.29) is 11.9 Å². The molecule has 0 aliphatic carbocycles. The van der Waals surface area contributed by atoms with Gasteiger partial charge in [-0.25, -0.2) is 0 Å². The van der Waals surface area contributed by atoms with Gasteiger partial charge in [0.15, 0.2) is 0 Å². The highest BCUT2D eigenvalue weighted by Gasteiger charge is 2.23. The molecule has 0 N–H and O–H groups in total. The minimum absolute atomic E-state index is 0.152. The smallest absolute Gasteiger partial charge is 0.313 e. The van der Waals surface area contributed by atoms with E-state index < -0.39 is 0 Å². The van der Waals surface area contributed by atoms with Crippen molar-refractivity contribution in [3.05, 3.63) is 28.8 Å². The fourth-order valence-electron chi connectivity index (χ4n) is 2.36. The lowest BCUT2D eigenvalue weighted by Gasteiger charge is -2.19. The Hall–Kier alpha value is -1.51. The summed E-state index contributed by atoms with van der Waals surface area (Å²) in [7, 11) is 3.11. The van der Waals surface area contributed by atoms with Crippen LogP contribution in [0, 0.1) is 13.8 Å². The molecule has 1 atom stereocenters. The van der Waals surface area contributed by atoms with Gasteiger partial charge in [0, 0.05) is 0 Å². The Morgan fingerprint density at radius 3 is 2.42 bits per heavy atom. The summed E-state index contributed by atoms with van der Waals surface area (Å²) in [6.45, 7) is 6.13. The Morgan fingerprint density at radius 2 is 1.89 bits per heavy atom. The zero-order valence-electron chi connectivity index (χ0n) is 12.6. The lowest BCUT2D eigenvalue weighted by atomic mass is 9.89. The molecule has 0 fully saturated rings. The van der Waals surface area contributed by atoms with Crippen molar-refractivity contribution < 1.29 is 14.3 Å². The Labute approximate surface area is 115 Å². The van der Waals surface area contributed by atoms with Crippen LogP contribution in [0.15, 0.2) is 12.1 Å². The summed E-state index contributed by atoms with van der Waals surface area (Å²) in [5, 5.41) is 0. The molecule has 0 heterocycles. The minimum Gasteiger partial charge on any atom is -0.496 e. The number of rotatable bonds is 6. The predicted octanol–water partition coefficient (Wildman–Crippen LogP) is 3.76. The largest absolute Gasteiger partial charge is 0.496 e. The van der Waals surface area contributed by atoms with Crippen molar-refractivity contribution in [3.8, 4) is 5.75 Å². The van der Waals surface area contributed by atoms with Gasteiger partial charge in [0.2, 0.25) is 0 Å². The molecule has 106 valence electrons. The van der Waals surface area contributed by atoms with Crippen molar-refractivity contribution in [3.63, 3.8) is 0 Å². The van der Waals surface area contributed by atoms with Crippen LogP contribution in [0.2, 0.25) is 0 Å². The van der Waals surface area contributed by atoms with E-state index in [1.54, 1.807) is 7.11 Å². The Morgan fingerprint density at radius 1 is 1.21 bits per heavy atom. The maximum atomic E-state index is 12.0. The molecule has 0 saturated carbocycles. The van der Waals surface area contributed by atoms with Crippen LogP contribution in [0.4, 0.5) is 0 Å². The summed E-state index contributed by atoms with van der Waals surface area (Å²) >= 11 is 0. The fraction of sp³-hybridized carbons (Fsp3) is 0.562. The quantitative estimate of drug-likeness (QED) is 0.734. The predicted molar refractivity (Wildman–Crippen MR) is 76.8 cm³/mol. The molecule has 0 bridgehead atoms. The average molecular weight is 264 g/mol. The van der Waals surface area contributed by atoms with Crippen LogP contribution in [0.25, 0.3) is 0 Å². The van der Waals surface area contributed by atoms with Crippen molar-refractivity contribution in [1.82, 2.24) is 0 Å². The third kappa shape index (κ3) is 3.72. The van der Waals surface area contributed by atoms with Gasteiger partial charge in [0.1, 0.15) is 5.75 Å². The Kier molecular flexibility index (Phi) is 5.87. The number of esters is 1. The molecule has 1 unspecified atom stereocenters. The minimum atomic E-state index is -0.172. The van der Waals surface area contributed by atoms with Crippen molar-refractivity contribution in [1.29, 1.82) is 0 Å². The summed E-state index contributed by atoms with van der Waals surface area (Å²) in [4.78, 5) is 12.0. The van der Waals surface area contributed by atoms with E-state index in [1.165, 1.54) is 7.11 Å². The number of methoxy groups -OCH3 is 2. The number of hydrogen-bond acceptors (Lipinski definition) is 3. The van der Waals surface area contributed by atoms with Gasteiger partial charge < -0.3 is 9.47 Å². The average Bonchev–Trinajstić information content (AvgIpc) is 2.41. The SMILES string of the molecule is CCCCC(C(=O)OC)c1cc(C)c(OC)cc1C. The third-order valence-corrected chi connectivity index (χ3v) is 3.49. The summed E-state index contributed by atoms with van der Waals surface area (Å²) in [6, 6.07) is 4.04. The number of carbonyl (C=O) groups excluding carboxylic acids is 1. The molecule has 0 spiro atoms. The standard InChI is InChI=1S/C16H24O3/c1-6-7-8-13(16(17)19-5)14-9-12(3)15(18-4)10-11(14)2/h9-10,13H,6-8H2,1-5H3. The van der Waals surface area contributed by atoms with Gasteiger partial charge in [-0.15, -0.1) is 0 Å². The molecule has 3 heteroatoms. The van der Waals surface area contributed by atoms with Gasteiger partial charge in [-0.2, -0.15) is 0 Å². The van der Waals surface area contributed by atoms with E-state index in [0.29, 0.717) is 0 Å². The van der Waals surface area contributed by atoms with Crippen molar-refractivity contribution in [2.24, 2.45) is 0 Å². The van der Waals surface area contributed by atoms with Crippen LogP contribution < -0.4 is 4.74 Å². The molecule has 0 aromatic heterocycles. The number of carbonyl (C=O) groups is 1. The van der Waals surface area contributed by atoms with E-state index in [0.717, 1.165) is 41.7 Å². The fourth-order valence-corrected chi connectivity index (χ4v) is 2.36. The second-order valence-electron chi connectivity index (χ2n) is 4.90. The first-order valence-corrected chi connectivity index (χ1v) is 6.78. The molecule has 0 saturated heterocycles. The van der Waals surface area contributed by atoms with E-state index in [4.69, 9.17) is 9.47 Å². The third-order valence-electron chi connectivity index (χ3n) is 3.49. The van der Waals surface area contributed by atoms with Gasteiger partial charge in [-0.3, -0.25) is 4.79 Å². The first-order chi connectivity index (χ1) is 9.04. The van der Waals surface area contributed by atoms with Crippen LogP contribution in [0.3, 0.4) is 0 Å². The highest BCUT2D eigenvalue weighted by Crippen LogP contribution is 2.31. The van der Waals surface area contributed by atoms with Gasteiger partial charge in [-0.05, 0) is 43.0 Å². The lowest BCUT2D eigenvalue weighted by molar-refractivity contribution is -0.142. The van der Waals surface area contributed by atoms with Gasteiger partial charge in [0.25, 0.3) is 0 Å². The number of unbranched alkanes of at least 4 members (excludes halogenated alkanes) is 1. The van der Waals surface area contributed by atoms with E-state index in [9.17, 15) is 4.79 Å². The summed E-state index contributed by atoms with van der Waals surface area (Å²) in [6.07, 6.45) is 2.92. The lowest BCUT2D eigenvalue weighted by Crippen LogP contribution is -2.16. The summed E-state index contributed by atoms with van der Waals surface area (Å²) < 4.78 is 10.3. The van der Waals surface area contributed by atoms with Crippen molar-refractivity contribution >= 4 is 5.97 Å². The molecule has 1 rings (SSSR count). The highest BCUT2D eigenvalue weighted by atomic mass is 16.5.